The van der Waals surface area contributed by atoms with Crippen molar-refractivity contribution in [2.45, 2.75) is 37.6 Å². The van der Waals surface area contributed by atoms with Gasteiger partial charge in [-0.2, -0.15) is 0 Å². The smallest absolute Gasteiger partial charge is 0.122 e. The highest BCUT2D eigenvalue weighted by Gasteiger charge is 2.40. The molecule has 0 atom stereocenters. The largest absolute Gasteiger partial charge is 0.496 e. The maximum atomic E-state index is 5.57. The summed E-state index contributed by atoms with van der Waals surface area (Å²) in [7, 11) is 1.79. The summed E-state index contributed by atoms with van der Waals surface area (Å²) in [5.41, 5.74) is 3.29. The molecule has 16 heavy (non-hydrogen) atoms. The number of hydrogen-bond donors (Lipinski definition) is 1. The van der Waals surface area contributed by atoms with Crippen LogP contribution in [0.1, 0.15) is 36.8 Å². The van der Waals surface area contributed by atoms with E-state index in [1.807, 2.05) is 0 Å². The molecule has 1 N–H and O–H groups in total. The molecule has 86 valence electrons. The van der Waals surface area contributed by atoms with Gasteiger partial charge in [-0.1, -0.05) is 25.0 Å². The first-order chi connectivity index (χ1) is 7.86. The van der Waals surface area contributed by atoms with Gasteiger partial charge in [-0.05, 0) is 24.5 Å². The first-order valence-electron chi connectivity index (χ1n) is 6.23. The van der Waals surface area contributed by atoms with Crippen molar-refractivity contribution in [3.05, 3.63) is 29.3 Å². The number of rotatable bonds is 1. The number of nitrogens with one attached hydrogen (secondary N) is 1. The predicted molar refractivity (Wildman–Crippen MR) is 64.8 cm³/mol. The molecule has 0 radical (unpaired) electrons. The molecule has 0 unspecified atom stereocenters. The molecule has 1 saturated carbocycles. The highest BCUT2D eigenvalue weighted by atomic mass is 16.5. The van der Waals surface area contributed by atoms with Crippen LogP contribution in [0.15, 0.2) is 18.2 Å². The standard InChI is InChI=1S/C14H19NO/c1-16-12-6-4-5-11-9-15-10-14(13(11)12)7-2-3-8-14/h4-6,15H,2-3,7-10H2,1H3. The SMILES string of the molecule is COc1cccc2c1C1(CCCC1)CNC2. The van der Waals surface area contributed by atoms with Gasteiger partial charge in [-0.15, -0.1) is 0 Å². The summed E-state index contributed by atoms with van der Waals surface area (Å²) in [6.07, 6.45) is 5.35. The van der Waals surface area contributed by atoms with E-state index in [2.05, 4.69) is 23.5 Å². The number of hydrogen-bond acceptors (Lipinski definition) is 2. The molecule has 0 bridgehead atoms. The van der Waals surface area contributed by atoms with E-state index in [0.717, 1.165) is 18.8 Å². The molecular weight excluding hydrogens is 198 g/mol. The molecule has 1 aromatic rings. The zero-order chi connectivity index (χ0) is 11.0. The Balaban J connectivity index is 2.15. The van der Waals surface area contributed by atoms with Crippen LogP contribution >= 0.6 is 0 Å². The summed E-state index contributed by atoms with van der Waals surface area (Å²) in [5.74, 6) is 1.10. The highest BCUT2D eigenvalue weighted by Crippen LogP contribution is 2.47. The van der Waals surface area contributed by atoms with Gasteiger partial charge in [0.25, 0.3) is 0 Å². The second kappa shape index (κ2) is 3.77. The molecule has 1 aromatic carbocycles. The van der Waals surface area contributed by atoms with E-state index in [1.165, 1.54) is 36.8 Å². The third-order valence-corrected chi connectivity index (χ3v) is 4.20. The van der Waals surface area contributed by atoms with Gasteiger partial charge in [0.05, 0.1) is 7.11 Å². The molecule has 1 spiro atoms. The van der Waals surface area contributed by atoms with E-state index in [1.54, 1.807) is 7.11 Å². The highest BCUT2D eigenvalue weighted by molar-refractivity contribution is 5.48. The fraction of sp³-hybridized carbons (Fsp3) is 0.571. The number of ether oxygens (including phenoxy) is 1. The molecule has 2 aliphatic rings. The fourth-order valence-corrected chi connectivity index (χ4v) is 3.50. The zero-order valence-electron chi connectivity index (χ0n) is 9.88. The minimum absolute atomic E-state index is 0.361. The van der Waals surface area contributed by atoms with Gasteiger partial charge in [0.1, 0.15) is 5.75 Å². The molecule has 3 rings (SSSR count). The predicted octanol–water partition coefficient (Wildman–Crippen LogP) is 2.61. The van der Waals surface area contributed by atoms with Crippen LogP contribution in [-0.2, 0) is 12.0 Å². The topological polar surface area (TPSA) is 21.3 Å². The number of fused-ring (bicyclic) bond motifs is 2. The minimum Gasteiger partial charge on any atom is -0.496 e. The number of benzene rings is 1. The van der Waals surface area contributed by atoms with Crippen LogP contribution in [0.2, 0.25) is 0 Å². The van der Waals surface area contributed by atoms with Crippen molar-refractivity contribution in [3.63, 3.8) is 0 Å². The lowest BCUT2D eigenvalue weighted by Crippen LogP contribution is -2.41. The van der Waals surface area contributed by atoms with Crippen LogP contribution in [0.4, 0.5) is 0 Å². The van der Waals surface area contributed by atoms with Crippen LogP contribution in [0.5, 0.6) is 5.75 Å². The Hall–Kier alpha value is -1.02. The van der Waals surface area contributed by atoms with Crippen molar-refractivity contribution in [2.75, 3.05) is 13.7 Å². The van der Waals surface area contributed by atoms with E-state index in [9.17, 15) is 0 Å². The summed E-state index contributed by atoms with van der Waals surface area (Å²) >= 11 is 0. The molecule has 1 aliphatic carbocycles. The Labute approximate surface area is 97.0 Å². The van der Waals surface area contributed by atoms with Gasteiger partial charge in [-0.3, -0.25) is 0 Å². The third-order valence-electron chi connectivity index (χ3n) is 4.20. The first kappa shape index (κ1) is 10.2. The van der Waals surface area contributed by atoms with Gasteiger partial charge in [-0.25, -0.2) is 0 Å². The molecule has 2 heteroatoms. The molecular formula is C14H19NO. The summed E-state index contributed by atoms with van der Waals surface area (Å²) in [5, 5.41) is 3.57. The van der Waals surface area contributed by atoms with Gasteiger partial charge >= 0.3 is 0 Å². The van der Waals surface area contributed by atoms with Gasteiger partial charge < -0.3 is 10.1 Å². The molecule has 2 nitrogen and oxygen atoms in total. The van der Waals surface area contributed by atoms with Crippen molar-refractivity contribution in [1.29, 1.82) is 0 Å². The van der Waals surface area contributed by atoms with Crippen molar-refractivity contribution in [1.82, 2.24) is 5.32 Å². The molecule has 0 saturated heterocycles. The quantitative estimate of drug-likeness (QED) is 0.780. The van der Waals surface area contributed by atoms with E-state index in [-0.39, 0.29) is 0 Å². The summed E-state index contributed by atoms with van der Waals surface area (Å²) < 4.78 is 5.57. The average Bonchev–Trinajstić information content (AvgIpc) is 2.78. The summed E-state index contributed by atoms with van der Waals surface area (Å²) in [6.45, 7) is 2.12. The van der Waals surface area contributed by atoms with Crippen LogP contribution < -0.4 is 10.1 Å². The van der Waals surface area contributed by atoms with E-state index >= 15 is 0 Å². The zero-order valence-corrected chi connectivity index (χ0v) is 9.88. The monoisotopic (exact) mass is 217 g/mol. The van der Waals surface area contributed by atoms with Crippen LogP contribution in [0, 0.1) is 0 Å². The first-order valence-corrected chi connectivity index (χ1v) is 6.23. The fourth-order valence-electron chi connectivity index (χ4n) is 3.50. The lowest BCUT2D eigenvalue weighted by atomic mass is 9.74. The Kier molecular flexibility index (Phi) is 2.40. The van der Waals surface area contributed by atoms with Gasteiger partial charge in [0.2, 0.25) is 0 Å². The Bertz CT molecular complexity index is 379. The molecule has 1 aliphatic heterocycles. The van der Waals surface area contributed by atoms with E-state index < -0.39 is 0 Å². The van der Waals surface area contributed by atoms with Crippen LogP contribution in [-0.4, -0.2) is 13.7 Å². The van der Waals surface area contributed by atoms with Crippen LogP contribution in [0.3, 0.4) is 0 Å². The lowest BCUT2D eigenvalue weighted by molar-refractivity contribution is 0.341. The van der Waals surface area contributed by atoms with E-state index in [4.69, 9.17) is 4.74 Å². The van der Waals surface area contributed by atoms with Crippen molar-refractivity contribution in [3.8, 4) is 5.75 Å². The average molecular weight is 217 g/mol. The number of methoxy groups -OCH3 is 1. The summed E-state index contributed by atoms with van der Waals surface area (Å²) in [6, 6.07) is 6.46. The van der Waals surface area contributed by atoms with Gasteiger partial charge in [0, 0.05) is 24.1 Å². The molecule has 0 aromatic heterocycles. The second-order valence-electron chi connectivity index (χ2n) is 5.09. The Morgan fingerprint density at radius 2 is 2.06 bits per heavy atom. The Morgan fingerprint density at radius 1 is 1.25 bits per heavy atom. The molecule has 0 amide bonds. The van der Waals surface area contributed by atoms with Crippen molar-refractivity contribution >= 4 is 0 Å². The van der Waals surface area contributed by atoms with Gasteiger partial charge in [0.15, 0.2) is 0 Å². The normalized spacial score (nSPS) is 22.1. The van der Waals surface area contributed by atoms with Crippen molar-refractivity contribution < 1.29 is 4.74 Å². The maximum absolute atomic E-state index is 5.57. The van der Waals surface area contributed by atoms with Crippen LogP contribution in [0.25, 0.3) is 0 Å². The summed E-state index contributed by atoms with van der Waals surface area (Å²) in [4.78, 5) is 0. The lowest BCUT2D eigenvalue weighted by Gasteiger charge is -2.37. The van der Waals surface area contributed by atoms with E-state index in [0.29, 0.717) is 5.41 Å². The minimum atomic E-state index is 0.361. The second-order valence-corrected chi connectivity index (χ2v) is 5.09. The third kappa shape index (κ3) is 1.36. The van der Waals surface area contributed by atoms with Crippen molar-refractivity contribution in [2.24, 2.45) is 0 Å². The molecule has 1 fully saturated rings. The molecule has 1 heterocycles. The Morgan fingerprint density at radius 3 is 2.81 bits per heavy atom. The maximum Gasteiger partial charge on any atom is 0.122 e.